The molecule has 0 aromatic carbocycles. The average molecular weight is 250 g/mol. The Bertz CT molecular complexity index is 408. The Labute approximate surface area is 108 Å². The zero-order chi connectivity index (χ0) is 13.1. The highest BCUT2D eigenvalue weighted by molar-refractivity contribution is 5.44. The SMILES string of the molecule is CC(C)c1nc(N)cc(NCC2CCC(O)C2)n1. The monoisotopic (exact) mass is 250 g/mol. The van der Waals surface area contributed by atoms with Crippen LogP contribution in [0.3, 0.4) is 0 Å². The maximum absolute atomic E-state index is 9.48. The summed E-state index contributed by atoms with van der Waals surface area (Å²) >= 11 is 0. The molecule has 1 heterocycles. The molecule has 0 aliphatic heterocycles. The fraction of sp³-hybridized carbons (Fsp3) is 0.692. The Morgan fingerprint density at radius 3 is 2.83 bits per heavy atom. The van der Waals surface area contributed by atoms with Gasteiger partial charge in [-0.05, 0) is 25.2 Å². The minimum absolute atomic E-state index is 0.126. The minimum Gasteiger partial charge on any atom is -0.393 e. The first-order valence-corrected chi connectivity index (χ1v) is 6.61. The van der Waals surface area contributed by atoms with E-state index in [1.165, 1.54) is 0 Å². The van der Waals surface area contributed by atoms with Gasteiger partial charge in [0.15, 0.2) is 0 Å². The molecule has 0 bridgehead atoms. The molecule has 2 unspecified atom stereocenters. The molecule has 2 atom stereocenters. The number of nitrogen functional groups attached to an aromatic ring is 1. The smallest absolute Gasteiger partial charge is 0.135 e. The summed E-state index contributed by atoms with van der Waals surface area (Å²) in [7, 11) is 0. The number of anilines is 2. The van der Waals surface area contributed by atoms with Crippen molar-refractivity contribution in [3.63, 3.8) is 0 Å². The van der Waals surface area contributed by atoms with Crippen molar-refractivity contribution in [3.05, 3.63) is 11.9 Å². The van der Waals surface area contributed by atoms with Gasteiger partial charge in [0, 0.05) is 18.5 Å². The number of nitrogens with one attached hydrogen (secondary N) is 1. The van der Waals surface area contributed by atoms with E-state index in [2.05, 4.69) is 15.3 Å². The third kappa shape index (κ3) is 3.32. The number of aliphatic hydroxyl groups is 1. The summed E-state index contributed by atoms with van der Waals surface area (Å²) in [6.07, 6.45) is 2.74. The van der Waals surface area contributed by atoms with Gasteiger partial charge in [-0.15, -0.1) is 0 Å². The van der Waals surface area contributed by atoms with Crippen LogP contribution < -0.4 is 11.1 Å². The van der Waals surface area contributed by atoms with E-state index in [0.29, 0.717) is 11.7 Å². The van der Waals surface area contributed by atoms with Gasteiger partial charge < -0.3 is 16.2 Å². The molecule has 0 spiro atoms. The molecule has 4 N–H and O–H groups in total. The van der Waals surface area contributed by atoms with Gasteiger partial charge in [-0.1, -0.05) is 13.8 Å². The van der Waals surface area contributed by atoms with Crippen LogP contribution >= 0.6 is 0 Å². The molecule has 1 aliphatic carbocycles. The van der Waals surface area contributed by atoms with Gasteiger partial charge in [0.2, 0.25) is 0 Å². The van der Waals surface area contributed by atoms with E-state index in [-0.39, 0.29) is 12.0 Å². The van der Waals surface area contributed by atoms with E-state index >= 15 is 0 Å². The molecule has 5 nitrogen and oxygen atoms in total. The van der Waals surface area contributed by atoms with Crippen LogP contribution in [0.4, 0.5) is 11.6 Å². The molecule has 1 aliphatic rings. The van der Waals surface area contributed by atoms with E-state index in [9.17, 15) is 5.11 Å². The molecule has 2 rings (SSSR count). The zero-order valence-corrected chi connectivity index (χ0v) is 11.1. The Kier molecular flexibility index (Phi) is 4.01. The Hall–Kier alpha value is -1.36. The van der Waals surface area contributed by atoms with Crippen molar-refractivity contribution in [2.75, 3.05) is 17.6 Å². The minimum atomic E-state index is -0.126. The van der Waals surface area contributed by atoms with Gasteiger partial charge in [-0.2, -0.15) is 0 Å². The van der Waals surface area contributed by atoms with Crippen LogP contribution in [0.1, 0.15) is 44.9 Å². The molecule has 18 heavy (non-hydrogen) atoms. The van der Waals surface area contributed by atoms with Crippen molar-refractivity contribution in [1.82, 2.24) is 9.97 Å². The van der Waals surface area contributed by atoms with E-state index in [4.69, 9.17) is 5.73 Å². The number of nitrogens with two attached hydrogens (primary N) is 1. The second-order valence-corrected chi connectivity index (χ2v) is 5.40. The molecule has 1 fully saturated rings. The van der Waals surface area contributed by atoms with E-state index in [0.717, 1.165) is 37.4 Å². The van der Waals surface area contributed by atoms with Crippen LogP contribution in [0.15, 0.2) is 6.07 Å². The summed E-state index contributed by atoms with van der Waals surface area (Å²) in [4.78, 5) is 8.66. The predicted octanol–water partition coefficient (Wildman–Crippen LogP) is 1.76. The van der Waals surface area contributed by atoms with Gasteiger partial charge in [0.05, 0.1) is 6.10 Å². The Morgan fingerprint density at radius 2 is 2.22 bits per heavy atom. The lowest BCUT2D eigenvalue weighted by atomic mass is 10.1. The summed E-state index contributed by atoms with van der Waals surface area (Å²) in [5, 5.41) is 12.8. The third-order valence-corrected chi connectivity index (χ3v) is 3.37. The Balaban J connectivity index is 1.96. The van der Waals surface area contributed by atoms with Crippen LogP contribution in [0.2, 0.25) is 0 Å². The fourth-order valence-corrected chi connectivity index (χ4v) is 2.32. The number of rotatable bonds is 4. The van der Waals surface area contributed by atoms with Gasteiger partial charge in [-0.3, -0.25) is 0 Å². The largest absolute Gasteiger partial charge is 0.393 e. The summed E-state index contributed by atoms with van der Waals surface area (Å²) in [6, 6.07) is 1.76. The molecule has 1 saturated carbocycles. The quantitative estimate of drug-likeness (QED) is 0.758. The lowest BCUT2D eigenvalue weighted by Gasteiger charge is -2.13. The summed E-state index contributed by atoms with van der Waals surface area (Å²) < 4.78 is 0. The lowest BCUT2D eigenvalue weighted by molar-refractivity contribution is 0.178. The molecule has 0 amide bonds. The molecular weight excluding hydrogens is 228 g/mol. The molecular formula is C13H22N4O. The standard InChI is InChI=1S/C13H22N4O/c1-8(2)13-16-11(14)6-12(17-13)15-7-9-3-4-10(18)5-9/h6,8-10,18H,3-5,7H2,1-2H3,(H3,14,15,16,17). The third-order valence-electron chi connectivity index (χ3n) is 3.37. The average Bonchev–Trinajstić information content (AvgIpc) is 2.72. The van der Waals surface area contributed by atoms with E-state index < -0.39 is 0 Å². The predicted molar refractivity (Wildman–Crippen MR) is 72.4 cm³/mol. The van der Waals surface area contributed by atoms with E-state index in [1.807, 2.05) is 13.8 Å². The van der Waals surface area contributed by atoms with Crippen LogP contribution in [-0.4, -0.2) is 27.7 Å². The first-order valence-electron chi connectivity index (χ1n) is 6.61. The maximum atomic E-state index is 9.48. The fourth-order valence-electron chi connectivity index (χ4n) is 2.32. The van der Waals surface area contributed by atoms with Crippen molar-refractivity contribution < 1.29 is 5.11 Å². The van der Waals surface area contributed by atoms with Crippen LogP contribution in [0.25, 0.3) is 0 Å². The van der Waals surface area contributed by atoms with Gasteiger partial charge in [-0.25, -0.2) is 9.97 Å². The van der Waals surface area contributed by atoms with Crippen molar-refractivity contribution >= 4 is 11.6 Å². The second-order valence-electron chi connectivity index (χ2n) is 5.40. The van der Waals surface area contributed by atoms with Gasteiger partial charge >= 0.3 is 0 Å². The highest BCUT2D eigenvalue weighted by Crippen LogP contribution is 2.25. The van der Waals surface area contributed by atoms with Crippen LogP contribution in [-0.2, 0) is 0 Å². The number of aromatic nitrogens is 2. The van der Waals surface area contributed by atoms with Crippen LogP contribution in [0.5, 0.6) is 0 Å². The second kappa shape index (κ2) is 5.52. The first kappa shape index (κ1) is 13.1. The van der Waals surface area contributed by atoms with Crippen molar-refractivity contribution in [3.8, 4) is 0 Å². The van der Waals surface area contributed by atoms with Crippen molar-refractivity contribution in [2.45, 2.75) is 45.1 Å². The van der Waals surface area contributed by atoms with Crippen molar-refractivity contribution in [2.24, 2.45) is 5.92 Å². The number of hydrogen-bond donors (Lipinski definition) is 3. The van der Waals surface area contributed by atoms with Gasteiger partial charge in [0.1, 0.15) is 17.5 Å². The summed E-state index contributed by atoms with van der Waals surface area (Å²) in [5.41, 5.74) is 5.77. The molecule has 0 saturated heterocycles. The molecule has 1 aromatic heterocycles. The number of hydrogen-bond acceptors (Lipinski definition) is 5. The van der Waals surface area contributed by atoms with Crippen LogP contribution in [0, 0.1) is 5.92 Å². The number of nitrogens with zero attached hydrogens (tertiary/aromatic N) is 2. The van der Waals surface area contributed by atoms with E-state index in [1.54, 1.807) is 6.07 Å². The zero-order valence-electron chi connectivity index (χ0n) is 11.1. The highest BCUT2D eigenvalue weighted by Gasteiger charge is 2.22. The maximum Gasteiger partial charge on any atom is 0.135 e. The Morgan fingerprint density at radius 1 is 1.44 bits per heavy atom. The highest BCUT2D eigenvalue weighted by atomic mass is 16.3. The molecule has 100 valence electrons. The molecule has 5 heteroatoms. The van der Waals surface area contributed by atoms with Gasteiger partial charge in [0.25, 0.3) is 0 Å². The molecule has 0 radical (unpaired) electrons. The summed E-state index contributed by atoms with van der Waals surface area (Å²) in [5.74, 6) is 2.85. The van der Waals surface area contributed by atoms with Crippen molar-refractivity contribution in [1.29, 1.82) is 0 Å². The topological polar surface area (TPSA) is 84.1 Å². The first-order chi connectivity index (χ1) is 8.54. The number of aliphatic hydroxyl groups excluding tert-OH is 1. The normalized spacial score (nSPS) is 23.6. The summed E-state index contributed by atoms with van der Waals surface area (Å²) in [6.45, 7) is 4.93. The lowest BCUT2D eigenvalue weighted by Crippen LogP contribution is -2.14. The molecule has 1 aromatic rings.